The Balaban J connectivity index is 2.59. The molecule has 0 saturated carbocycles. The zero-order chi connectivity index (χ0) is 12.1. The Morgan fingerprint density at radius 1 is 1.44 bits per heavy atom. The Hall–Kier alpha value is -0.310. The molecule has 0 radical (unpaired) electrons. The number of rotatable bonds is 5. The summed E-state index contributed by atoms with van der Waals surface area (Å²) in [6.07, 6.45) is 0.879. The Bertz CT molecular complexity index is 322. The van der Waals surface area contributed by atoms with Crippen LogP contribution in [0.15, 0.2) is 18.2 Å². The van der Waals surface area contributed by atoms with Gasteiger partial charge < -0.3 is 4.90 Å². The van der Waals surface area contributed by atoms with Gasteiger partial charge in [-0.1, -0.05) is 17.7 Å². The molecule has 0 bridgehead atoms. The molecule has 0 saturated heterocycles. The van der Waals surface area contributed by atoms with E-state index in [1.807, 2.05) is 18.9 Å². The zero-order valence-corrected chi connectivity index (χ0v) is 11.0. The number of halogens is 3. The molecule has 0 heterocycles. The molecule has 0 aliphatic rings. The van der Waals surface area contributed by atoms with Crippen molar-refractivity contribution in [1.82, 2.24) is 4.90 Å². The van der Waals surface area contributed by atoms with E-state index in [4.69, 9.17) is 23.2 Å². The molecule has 16 heavy (non-hydrogen) atoms. The normalized spacial score (nSPS) is 13.1. The maximum Gasteiger partial charge on any atom is 0.129 e. The molecule has 0 aromatic heterocycles. The van der Waals surface area contributed by atoms with Crippen LogP contribution in [0.3, 0.4) is 0 Å². The van der Waals surface area contributed by atoms with Gasteiger partial charge in [-0.25, -0.2) is 4.39 Å². The maximum atomic E-state index is 13.5. The summed E-state index contributed by atoms with van der Waals surface area (Å²) in [4.78, 5) is 2.02. The first kappa shape index (κ1) is 13.8. The number of nitrogens with zero attached hydrogens (tertiary/aromatic N) is 1. The predicted molar refractivity (Wildman–Crippen MR) is 67.7 cm³/mol. The smallest absolute Gasteiger partial charge is 0.129 e. The topological polar surface area (TPSA) is 3.24 Å². The van der Waals surface area contributed by atoms with Crippen LogP contribution in [-0.2, 0) is 6.54 Å². The fourth-order valence-corrected chi connectivity index (χ4v) is 1.75. The summed E-state index contributed by atoms with van der Waals surface area (Å²) in [5.41, 5.74) is 0.550. The third-order valence-electron chi connectivity index (χ3n) is 2.40. The van der Waals surface area contributed by atoms with Crippen molar-refractivity contribution in [1.29, 1.82) is 0 Å². The van der Waals surface area contributed by atoms with Gasteiger partial charge in [0.2, 0.25) is 0 Å². The molecule has 4 heteroatoms. The summed E-state index contributed by atoms with van der Waals surface area (Å²) >= 11 is 11.8. The van der Waals surface area contributed by atoms with Gasteiger partial charge in [0.1, 0.15) is 5.82 Å². The summed E-state index contributed by atoms with van der Waals surface area (Å²) in [5.74, 6) is -0.252. The van der Waals surface area contributed by atoms with E-state index in [2.05, 4.69) is 0 Å². The van der Waals surface area contributed by atoms with Gasteiger partial charge in [0.15, 0.2) is 0 Å². The molecule has 1 aromatic rings. The second-order valence-corrected chi connectivity index (χ2v) is 5.16. The summed E-state index contributed by atoms with van der Waals surface area (Å²) < 4.78 is 13.5. The second-order valence-electron chi connectivity index (χ2n) is 4.01. The van der Waals surface area contributed by atoms with Gasteiger partial charge in [0, 0.05) is 22.5 Å². The van der Waals surface area contributed by atoms with Crippen LogP contribution in [0.25, 0.3) is 0 Å². The lowest BCUT2D eigenvalue weighted by atomic mass is 10.2. The first-order chi connectivity index (χ1) is 7.50. The molecular formula is C12H16Cl2FN. The van der Waals surface area contributed by atoms with Gasteiger partial charge in [-0.3, -0.25) is 0 Å². The highest BCUT2D eigenvalue weighted by Crippen LogP contribution is 2.20. The highest BCUT2D eigenvalue weighted by molar-refractivity contribution is 6.31. The molecule has 0 spiro atoms. The van der Waals surface area contributed by atoms with Crippen molar-refractivity contribution < 1.29 is 4.39 Å². The van der Waals surface area contributed by atoms with E-state index in [1.165, 1.54) is 6.07 Å². The van der Waals surface area contributed by atoms with Crippen molar-refractivity contribution >= 4 is 23.2 Å². The molecule has 1 nitrogen and oxygen atoms in total. The SMILES string of the molecule is CC(Cl)CCN(C)Cc1c(F)cccc1Cl. The van der Waals surface area contributed by atoms with E-state index in [0.29, 0.717) is 17.1 Å². The lowest BCUT2D eigenvalue weighted by Gasteiger charge is -2.18. The predicted octanol–water partition coefficient (Wildman–Crippen LogP) is 3.93. The first-order valence-electron chi connectivity index (χ1n) is 5.26. The second kappa shape index (κ2) is 6.43. The molecule has 0 amide bonds. The van der Waals surface area contributed by atoms with Crippen LogP contribution in [-0.4, -0.2) is 23.9 Å². The van der Waals surface area contributed by atoms with Crippen molar-refractivity contribution in [3.8, 4) is 0 Å². The van der Waals surface area contributed by atoms with Gasteiger partial charge in [0.25, 0.3) is 0 Å². The molecule has 90 valence electrons. The van der Waals surface area contributed by atoms with Gasteiger partial charge >= 0.3 is 0 Å². The Labute approximate surface area is 106 Å². The number of hydrogen-bond acceptors (Lipinski definition) is 1. The van der Waals surface area contributed by atoms with Crippen LogP contribution in [0.1, 0.15) is 18.9 Å². The van der Waals surface area contributed by atoms with Crippen LogP contribution < -0.4 is 0 Å². The first-order valence-corrected chi connectivity index (χ1v) is 6.07. The fourth-order valence-electron chi connectivity index (χ4n) is 1.43. The van der Waals surface area contributed by atoms with E-state index in [-0.39, 0.29) is 11.2 Å². The number of benzene rings is 1. The minimum atomic E-state index is -0.252. The van der Waals surface area contributed by atoms with Gasteiger partial charge in [-0.2, -0.15) is 0 Å². The molecule has 0 fully saturated rings. The van der Waals surface area contributed by atoms with E-state index in [1.54, 1.807) is 12.1 Å². The van der Waals surface area contributed by atoms with E-state index >= 15 is 0 Å². The Kier molecular flexibility index (Phi) is 5.53. The highest BCUT2D eigenvalue weighted by Gasteiger charge is 2.10. The zero-order valence-electron chi connectivity index (χ0n) is 9.51. The number of alkyl halides is 1. The minimum Gasteiger partial charge on any atom is -0.302 e. The van der Waals surface area contributed by atoms with Crippen LogP contribution >= 0.6 is 23.2 Å². The molecule has 1 atom stereocenters. The Morgan fingerprint density at radius 3 is 2.69 bits per heavy atom. The summed E-state index contributed by atoms with van der Waals surface area (Å²) in [7, 11) is 1.93. The van der Waals surface area contributed by atoms with Gasteiger partial charge in [-0.05, 0) is 39.1 Å². The largest absolute Gasteiger partial charge is 0.302 e. The lowest BCUT2D eigenvalue weighted by Crippen LogP contribution is -2.21. The van der Waals surface area contributed by atoms with Crippen molar-refractivity contribution in [2.24, 2.45) is 0 Å². The molecule has 1 unspecified atom stereocenters. The van der Waals surface area contributed by atoms with Crippen molar-refractivity contribution in [3.05, 3.63) is 34.6 Å². The van der Waals surface area contributed by atoms with Crippen LogP contribution in [0.5, 0.6) is 0 Å². The van der Waals surface area contributed by atoms with Crippen LogP contribution in [0.2, 0.25) is 5.02 Å². The monoisotopic (exact) mass is 263 g/mol. The Morgan fingerprint density at radius 2 is 2.12 bits per heavy atom. The molecule has 0 aliphatic heterocycles. The van der Waals surface area contributed by atoms with E-state index in [9.17, 15) is 4.39 Å². The van der Waals surface area contributed by atoms with Crippen LogP contribution in [0, 0.1) is 5.82 Å². The van der Waals surface area contributed by atoms with E-state index in [0.717, 1.165) is 13.0 Å². The molecule has 0 aliphatic carbocycles. The average Bonchev–Trinajstić information content (AvgIpc) is 2.21. The van der Waals surface area contributed by atoms with Gasteiger partial charge in [0.05, 0.1) is 0 Å². The quantitative estimate of drug-likeness (QED) is 0.728. The fraction of sp³-hybridized carbons (Fsp3) is 0.500. The number of hydrogen-bond donors (Lipinski definition) is 0. The van der Waals surface area contributed by atoms with E-state index < -0.39 is 0 Å². The lowest BCUT2D eigenvalue weighted by molar-refractivity contribution is 0.316. The molecule has 1 aromatic carbocycles. The average molecular weight is 264 g/mol. The molecule has 0 N–H and O–H groups in total. The van der Waals surface area contributed by atoms with Gasteiger partial charge in [-0.15, -0.1) is 11.6 Å². The summed E-state index contributed by atoms with van der Waals surface area (Å²) in [6, 6.07) is 4.75. The third-order valence-corrected chi connectivity index (χ3v) is 2.97. The van der Waals surface area contributed by atoms with Crippen molar-refractivity contribution in [3.63, 3.8) is 0 Å². The summed E-state index contributed by atoms with van der Waals surface area (Å²) in [5, 5.41) is 0.615. The van der Waals surface area contributed by atoms with Crippen molar-refractivity contribution in [2.75, 3.05) is 13.6 Å². The molecular weight excluding hydrogens is 248 g/mol. The van der Waals surface area contributed by atoms with Crippen molar-refractivity contribution in [2.45, 2.75) is 25.3 Å². The molecule has 1 rings (SSSR count). The standard InChI is InChI=1S/C12H16Cl2FN/c1-9(13)6-7-16(2)8-10-11(14)4-3-5-12(10)15/h3-5,9H,6-8H2,1-2H3. The van der Waals surface area contributed by atoms with Crippen LogP contribution in [0.4, 0.5) is 4.39 Å². The summed E-state index contributed by atoms with van der Waals surface area (Å²) in [6.45, 7) is 3.29. The third kappa shape index (κ3) is 4.28. The highest BCUT2D eigenvalue weighted by atomic mass is 35.5. The maximum absolute atomic E-state index is 13.5. The minimum absolute atomic E-state index is 0.138.